The van der Waals surface area contributed by atoms with Crippen molar-refractivity contribution in [1.29, 1.82) is 5.26 Å². The molecule has 206 valence electrons. The molecule has 1 unspecified atom stereocenters. The molecule has 0 spiro atoms. The Balaban J connectivity index is 0.00000353. The van der Waals surface area contributed by atoms with Gasteiger partial charge in [-0.3, -0.25) is 4.98 Å². The van der Waals surface area contributed by atoms with Crippen molar-refractivity contribution < 1.29 is 22.6 Å². The molecule has 0 aromatic carbocycles. The number of alkyl halides is 3. The van der Waals surface area contributed by atoms with Gasteiger partial charge in [-0.05, 0) is 45.0 Å². The highest BCUT2D eigenvalue weighted by Crippen LogP contribution is 2.35. The lowest BCUT2D eigenvalue weighted by Crippen LogP contribution is -2.30. The predicted octanol–water partition coefficient (Wildman–Crippen LogP) is 4.30. The maximum Gasteiger partial charge on any atom is 0.417 e. The van der Waals surface area contributed by atoms with Crippen LogP contribution in [0.1, 0.15) is 47.4 Å². The number of ether oxygens (including phenoxy) is 2. The molecule has 0 radical (unpaired) electrons. The molecule has 0 bridgehead atoms. The Hall–Kier alpha value is -3.73. The van der Waals surface area contributed by atoms with Crippen LogP contribution in [0.2, 0.25) is 0 Å². The van der Waals surface area contributed by atoms with Gasteiger partial charge in [0.25, 0.3) is 0 Å². The molecule has 5 heterocycles. The first-order valence-electron chi connectivity index (χ1n) is 12.0. The average Bonchev–Trinajstić information content (AvgIpc) is 3.51. The molecule has 14 heteroatoms. The first kappa shape index (κ1) is 28.3. The predicted molar refractivity (Wildman–Crippen MR) is 137 cm³/mol. The minimum absolute atomic E-state index is 0. The van der Waals surface area contributed by atoms with E-state index in [1.54, 1.807) is 12.3 Å². The summed E-state index contributed by atoms with van der Waals surface area (Å²) in [6.07, 6.45) is 1.55. The summed E-state index contributed by atoms with van der Waals surface area (Å²) in [6.45, 7) is 3.69. The lowest BCUT2D eigenvalue weighted by Gasteiger charge is -2.23. The van der Waals surface area contributed by atoms with Gasteiger partial charge in [-0.2, -0.15) is 23.5 Å². The van der Waals surface area contributed by atoms with E-state index in [1.807, 2.05) is 11.6 Å². The van der Waals surface area contributed by atoms with E-state index in [2.05, 4.69) is 31.8 Å². The molecule has 1 N–H and O–H groups in total. The molecule has 1 fully saturated rings. The van der Waals surface area contributed by atoms with Crippen molar-refractivity contribution in [2.75, 3.05) is 26.8 Å². The Morgan fingerprint density at radius 3 is 2.67 bits per heavy atom. The van der Waals surface area contributed by atoms with Crippen LogP contribution in [0.5, 0.6) is 5.75 Å². The Kier molecular flexibility index (Phi) is 8.39. The molecule has 1 atom stereocenters. The molecule has 4 aromatic heterocycles. The number of aromatic nitrogens is 6. The number of hydrogen-bond donors (Lipinski definition) is 1. The van der Waals surface area contributed by atoms with Gasteiger partial charge in [-0.15, -0.1) is 17.5 Å². The molecule has 0 aliphatic carbocycles. The summed E-state index contributed by atoms with van der Waals surface area (Å²) in [6, 6.07) is 5.00. The van der Waals surface area contributed by atoms with E-state index in [0.717, 1.165) is 43.9 Å². The van der Waals surface area contributed by atoms with E-state index in [0.29, 0.717) is 16.8 Å². The van der Waals surface area contributed by atoms with Gasteiger partial charge >= 0.3 is 6.18 Å². The van der Waals surface area contributed by atoms with E-state index in [1.165, 1.54) is 24.0 Å². The Morgan fingerprint density at radius 1 is 1.21 bits per heavy atom. The van der Waals surface area contributed by atoms with Crippen LogP contribution in [0.3, 0.4) is 0 Å². The van der Waals surface area contributed by atoms with Gasteiger partial charge in [0.15, 0.2) is 0 Å². The maximum absolute atomic E-state index is 13.3. The first-order valence-corrected chi connectivity index (χ1v) is 12.0. The lowest BCUT2D eigenvalue weighted by molar-refractivity contribution is -0.137. The highest BCUT2D eigenvalue weighted by molar-refractivity contribution is 5.85. The number of pyridine rings is 2. The van der Waals surface area contributed by atoms with E-state index in [9.17, 15) is 18.4 Å². The van der Waals surface area contributed by atoms with Gasteiger partial charge in [-0.1, -0.05) is 5.21 Å². The third-order valence-electron chi connectivity index (χ3n) is 6.60. The van der Waals surface area contributed by atoms with Crippen molar-refractivity contribution in [2.45, 2.75) is 38.1 Å². The van der Waals surface area contributed by atoms with Crippen LogP contribution in [0.15, 0.2) is 36.9 Å². The molecule has 1 aliphatic heterocycles. The topological polar surface area (TPSA) is 115 Å². The van der Waals surface area contributed by atoms with Crippen LogP contribution in [0.4, 0.5) is 13.2 Å². The molecule has 1 aliphatic rings. The lowest BCUT2D eigenvalue weighted by atomic mass is 10.1. The molecule has 0 amide bonds. The van der Waals surface area contributed by atoms with E-state index in [4.69, 9.17) is 9.47 Å². The number of fused-ring (bicyclic) bond motifs is 1. The Morgan fingerprint density at radius 2 is 1.97 bits per heavy atom. The maximum atomic E-state index is 13.3. The van der Waals surface area contributed by atoms with Crippen LogP contribution in [0.25, 0.3) is 16.8 Å². The second-order valence-corrected chi connectivity index (χ2v) is 9.07. The van der Waals surface area contributed by atoms with Gasteiger partial charge < -0.3 is 14.8 Å². The highest BCUT2D eigenvalue weighted by atomic mass is 35.5. The number of rotatable bonds is 7. The molecule has 0 saturated carbocycles. The summed E-state index contributed by atoms with van der Waals surface area (Å²) in [4.78, 5) is 3.75. The summed E-state index contributed by atoms with van der Waals surface area (Å²) in [5.41, 5.74) is 2.03. The molecule has 4 aromatic rings. The molecule has 1 saturated heterocycles. The fourth-order valence-corrected chi connectivity index (χ4v) is 4.68. The third kappa shape index (κ3) is 5.68. The number of nitriles is 1. The Bertz CT molecular complexity index is 1490. The van der Waals surface area contributed by atoms with Crippen LogP contribution >= 0.6 is 12.4 Å². The van der Waals surface area contributed by atoms with E-state index in [-0.39, 0.29) is 41.9 Å². The summed E-state index contributed by atoms with van der Waals surface area (Å²) in [5, 5.41) is 26.1. The van der Waals surface area contributed by atoms with Gasteiger partial charge in [0.1, 0.15) is 34.7 Å². The van der Waals surface area contributed by atoms with Crippen molar-refractivity contribution in [3.8, 4) is 23.1 Å². The van der Waals surface area contributed by atoms with E-state index < -0.39 is 17.8 Å². The molecular formula is C25H26ClF3N8O2. The second kappa shape index (κ2) is 11.6. The number of methoxy groups -OCH3 is 1. The number of nitrogens with zero attached hydrogens (tertiary/aromatic N) is 7. The number of halogens is 4. The standard InChI is InChI=1S/C25H25F3N8O2.ClH/c1-15-23(33-34-36(15)20-3-5-30-6-4-20)17-8-21(24-18(9-29)11-32-35(24)13-17)38-22(14-37-2)16-7-19(12-31-10-16)25(26,27)28;/h7-8,10-13,20,22,30H,3-6,14H2,1-2H3;1H. The largest absolute Gasteiger partial charge is 0.481 e. The van der Waals surface area contributed by atoms with Crippen LogP contribution in [-0.4, -0.2) is 56.4 Å². The quantitative estimate of drug-likeness (QED) is 0.354. The van der Waals surface area contributed by atoms with Gasteiger partial charge in [0, 0.05) is 36.8 Å². The summed E-state index contributed by atoms with van der Waals surface area (Å²) >= 11 is 0. The normalized spacial score (nSPS) is 15.1. The van der Waals surface area contributed by atoms with Gasteiger partial charge in [0.05, 0.1) is 30.1 Å². The van der Waals surface area contributed by atoms with Crippen LogP contribution in [0, 0.1) is 18.3 Å². The average molecular weight is 563 g/mol. The smallest absolute Gasteiger partial charge is 0.417 e. The zero-order valence-electron chi connectivity index (χ0n) is 21.1. The SMILES string of the molecule is COCC(Oc1cc(-c2nnn(C3CCNCC3)c2C)cn2ncc(C#N)c12)c1cncc(C(F)(F)F)c1.Cl. The third-order valence-corrected chi connectivity index (χ3v) is 6.60. The van der Waals surface area contributed by atoms with Crippen molar-refractivity contribution >= 4 is 17.9 Å². The van der Waals surface area contributed by atoms with Gasteiger partial charge in [0.2, 0.25) is 0 Å². The van der Waals surface area contributed by atoms with Gasteiger partial charge in [-0.25, -0.2) is 9.20 Å². The van der Waals surface area contributed by atoms with Crippen LogP contribution in [-0.2, 0) is 10.9 Å². The van der Waals surface area contributed by atoms with Crippen molar-refractivity contribution in [3.63, 3.8) is 0 Å². The molecule has 39 heavy (non-hydrogen) atoms. The zero-order valence-corrected chi connectivity index (χ0v) is 22.0. The van der Waals surface area contributed by atoms with Crippen molar-refractivity contribution in [3.05, 3.63) is 59.3 Å². The number of piperidine rings is 1. The Labute approximate surface area is 228 Å². The fourth-order valence-electron chi connectivity index (χ4n) is 4.68. The molecule has 5 rings (SSSR count). The van der Waals surface area contributed by atoms with Crippen molar-refractivity contribution in [1.82, 2.24) is 34.9 Å². The van der Waals surface area contributed by atoms with E-state index >= 15 is 0 Å². The summed E-state index contributed by atoms with van der Waals surface area (Å²) < 4.78 is 55.0. The second-order valence-electron chi connectivity index (χ2n) is 9.07. The zero-order chi connectivity index (χ0) is 26.9. The number of nitrogens with one attached hydrogen (secondary N) is 1. The monoisotopic (exact) mass is 562 g/mol. The molecular weight excluding hydrogens is 537 g/mol. The minimum atomic E-state index is -4.56. The van der Waals surface area contributed by atoms with Crippen LogP contribution < -0.4 is 10.1 Å². The molecule has 10 nitrogen and oxygen atoms in total. The van der Waals surface area contributed by atoms with Crippen molar-refractivity contribution in [2.24, 2.45) is 0 Å². The summed E-state index contributed by atoms with van der Waals surface area (Å²) in [5.74, 6) is 0.242. The highest BCUT2D eigenvalue weighted by Gasteiger charge is 2.32. The number of hydrogen-bond acceptors (Lipinski definition) is 8. The summed E-state index contributed by atoms with van der Waals surface area (Å²) in [7, 11) is 1.42. The fraction of sp³-hybridized carbons (Fsp3) is 0.400. The first-order chi connectivity index (χ1) is 18.3. The minimum Gasteiger partial charge on any atom is -0.481 e.